The highest BCUT2D eigenvalue weighted by molar-refractivity contribution is 5.65. The molecule has 0 amide bonds. The number of piperazine rings is 1. The van der Waals surface area contributed by atoms with Gasteiger partial charge in [-0.1, -0.05) is 0 Å². The molecular weight excluding hydrogens is 394 g/mol. The Bertz CT molecular complexity index is 897. The second-order valence-electron chi connectivity index (χ2n) is 6.68. The van der Waals surface area contributed by atoms with Crippen molar-refractivity contribution in [2.24, 2.45) is 0 Å². The second kappa shape index (κ2) is 8.24. The Balaban J connectivity index is 1.73. The van der Waals surface area contributed by atoms with Gasteiger partial charge in [-0.05, 0) is 30.3 Å². The molecule has 10 heteroatoms. The average molecular weight is 413 g/mol. The molecule has 0 atom stereocenters. The van der Waals surface area contributed by atoms with Crippen molar-refractivity contribution >= 4 is 11.4 Å². The lowest BCUT2D eigenvalue weighted by Gasteiger charge is -2.36. The fourth-order valence-corrected chi connectivity index (χ4v) is 3.37. The second-order valence-corrected chi connectivity index (χ2v) is 6.68. The Kier molecular flexibility index (Phi) is 5.92. The first-order valence-electron chi connectivity index (χ1n) is 8.84. The number of benzene rings is 2. The van der Waals surface area contributed by atoms with Crippen LogP contribution in [0.25, 0.3) is 0 Å². The number of nitro benzene ring substituents is 1. The van der Waals surface area contributed by atoms with E-state index in [1.165, 1.54) is 19.2 Å². The van der Waals surface area contributed by atoms with Gasteiger partial charge in [-0.2, -0.15) is 13.2 Å². The summed E-state index contributed by atoms with van der Waals surface area (Å²) in [4.78, 5) is 14.2. The SMILES string of the molecule is COc1ccc(F)cc1CN1CCN(c2ccc(C(F)(F)F)cc2[N+](=O)[O-])CC1. The van der Waals surface area contributed by atoms with Crippen LogP contribution < -0.4 is 9.64 Å². The largest absolute Gasteiger partial charge is 0.496 e. The predicted octanol–water partition coefficient (Wildman–Crippen LogP) is 4.08. The van der Waals surface area contributed by atoms with Gasteiger partial charge in [0.15, 0.2) is 0 Å². The molecule has 1 fully saturated rings. The first kappa shape index (κ1) is 20.8. The number of alkyl halides is 3. The zero-order chi connectivity index (χ0) is 21.2. The van der Waals surface area contributed by atoms with Gasteiger partial charge in [0, 0.05) is 44.4 Å². The predicted molar refractivity (Wildman–Crippen MR) is 98.5 cm³/mol. The van der Waals surface area contributed by atoms with Crippen molar-refractivity contribution in [1.82, 2.24) is 4.90 Å². The number of methoxy groups -OCH3 is 1. The Morgan fingerprint density at radius 3 is 2.38 bits per heavy atom. The highest BCUT2D eigenvalue weighted by atomic mass is 19.4. The summed E-state index contributed by atoms with van der Waals surface area (Å²) in [5.41, 5.74) is -0.780. The summed E-state index contributed by atoms with van der Waals surface area (Å²) in [6.45, 7) is 2.24. The molecule has 29 heavy (non-hydrogen) atoms. The normalized spacial score (nSPS) is 15.4. The van der Waals surface area contributed by atoms with Gasteiger partial charge in [-0.25, -0.2) is 4.39 Å². The van der Waals surface area contributed by atoms with Gasteiger partial charge in [0.1, 0.15) is 17.3 Å². The monoisotopic (exact) mass is 413 g/mol. The fourth-order valence-electron chi connectivity index (χ4n) is 3.37. The molecular formula is C19H19F4N3O3. The van der Waals surface area contributed by atoms with Crippen LogP contribution in [0.3, 0.4) is 0 Å². The molecule has 1 aliphatic heterocycles. The number of halogens is 4. The lowest BCUT2D eigenvalue weighted by molar-refractivity contribution is -0.384. The number of anilines is 1. The highest BCUT2D eigenvalue weighted by Gasteiger charge is 2.34. The molecule has 6 nitrogen and oxygen atoms in total. The standard InChI is InChI=1S/C19H19F4N3O3/c1-29-18-5-3-15(20)10-13(18)12-24-6-8-25(9-7-24)16-4-2-14(19(21,22)23)11-17(16)26(27)28/h2-5,10-11H,6-9,12H2,1H3. The van der Waals surface area contributed by atoms with Gasteiger partial charge in [0.05, 0.1) is 17.6 Å². The summed E-state index contributed by atoms with van der Waals surface area (Å²) < 4.78 is 57.4. The fraction of sp³-hybridized carbons (Fsp3) is 0.368. The van der Waals surface area contributed by atoms with Crippen molar-refractivity contribution in [2.45, 2.75) is 12.7 Å². The van der Waals surface area contributed by atoms with Crippen molar-refractivity contribution in [3.63, 3.8) is 0 Å². The van der Waals surface area contributed by atoms with Crippen LogP contribution in [0.5, 0.6) is 5.75 Å². The summed E-state index contributed by atoms with van der Waals surface area (Å²) in [6.07, 6.45) is -4.65. The summed E-state index contributed by atoms with van der Waals surface area (Å²) in [7, 11) is 1.50. The highest BCUT2D eigenvalue weighted by Crippen LogP contribution is 2.37. The summed E-state index contributed by atoms with van der Waals surface area (Å²) in [5, 5.41) is 11.3. The Morgan fingerprint density at radius 2 is 1.79 bits per heavy atom. The third-order valence-corrected chi connectivity index (χ3v) is 4.85. The molecule has 2 aromatic rings. The first-order chi connectivity index (χ1) is 13.7. The van der Waals surface area contributed by atoms with E-state index in [4.69, 9.17) is 4.74 Å². The number of rotatable bonds is 5. The number of hydrogen-bond acceptors (Lipinski definition) is 5. The lowest BCUT2D eigenvalue weighted by Crippen LogP contribution is -2.46. The molecule has 0 aliphatic carbocycles. The quantitative estimate of drug-likeness (QED) is 0.420. The van der Waals surface area contributed by atoms with Gasteiger partial charge in [-0.3, -0.25) is 15.0 Å². The van der Waals surface area contributed by atoms with Crippen molar-refractivity contribution in [2.75, 3.05) is 38.2 Å². The molecule has 0 saturated carbocycles. The van der Waals surface area contributed by atoms with E-state index in [0.717, 1.165) is 12.1 Å². The minimum Gasteiger partial charge on any atom is -0.496 e. The van der Waals surface area contributed by atoms with E-state index in [1.807, 2.05) is 4.90 Å². The molecule has 0 bridgehead atoms. The van der Waals surface area contributed by atoms with Crippen molar-refractivity contribution < 1.29 is 27.2 Å². The van der Waals surface area contributed by atoms with E-state index < -0.39 is 22.4 Å². The van der Waals surface area contributed by atoms with Crippen LogP contribution in [0.1, 0.15) is 11.1 Å². The summed E-state index contributed by atoms with van der Waals surface area (Å²) >= 11 is 0. The number of nitro groups is 1. The molecule has 0 spiro atoms. The zero-order valence-electron chi connectivity index (χ0n) is 15.6. The Labute approximate surface area is 164 Å². The van der Waals surface area contributed by atoms with E-state index in [1.54, 1.807) is 11.0 Å². The topological polar surface area (TPSA) is 58.8 Å². The molecule has 0 N–H and O–H groups in total. The Morgan fingerprint density at radius 1 is 1.10 bits per heavy atom. The van der Waals surface area contributed by atoms with E-state index in [-0.39, 0.29) is 11.5 Å². The van der Waals surface area contributed by atoms with Crippen LogP contribution >= 0.6 is 0 Å². The van der Waals surface area contributed by atoms with Crippen LogP contribution in [0.15, 0.2) is 36.4 Å². The maximum Gasteiger partial charge on any atom is 0.416 e. The van der Waals surface area contributed by atoms with Crippen molar-refractivity contribution in [3.8, 4) is 5.75 Å². The average Bonchev–Trinajstić information content (AvgIpc) is 2.67. The van der Waals surface area contributed by atoms with Crippen LogP contribution in [0.2, 0.25) is 0 Å². The van der Waals surface area contributed by atoms with Crippen LogP contribution in [-0.2, 0) is 12.7 Å². The first-order valence-corrected chi connectivity index (χ1v) is 8.84. The molecule has 1 aliphatic rings. The minimum absolute atomic E-state index is 0.158. The zero-order valence-corrected chi connectivity index (χ0v) is 15.6. The third kappa shape index (κ3) is 4.76. The maximum atomic E-state index is 13.5. The van der Waals surface area contributed by atoms with Gasteiger partial charge in [0.2, 0.25) is 0 Å². The van der Waals surface area contributed by atoms with Crippen LogP contribution in [-0.4, -0.2) is 43.1 Å². The van der Waals surface area contributed by atoms with E-state index in [9.17, 15) is 27.7 Å². The van der Waals surface area contributed by atoms with Gasteiger partial charge < -0.3 is 9.64 Å². The molecule has 0 radical (unpaired) electrons. The Hall–Kier alpha value is -2.88. The summed E-state index contributed by atoms with van der Waals surface area (Å²) in [5.74, 6) is 0.187. The molecule has 3 rings (SSSR count). The van der Waals surface area contributed by atoms with Gasteiger partial charge in [0.25, 0.3) is 5.69 Å². The van der Waals surface area contributed by atoms with Crippen molar-refractivity contribution in [3.05, 3.63) is 63.5 Å². The molecule has 1 saturated heterocycles. The maximum absolute atomic E-state index is 13.5. The van der Waals surface area contributed by atoms with Crippen LogP contribution in [0.4, 0.5) is 28.9 Å². The molecule has 2 aromatic carbocycles. The smallest absolute Gasteiger partial charge is 0.416 e. The molecule has 0 aromatic heterocycles. The van der Waals surface area contributed by atoms with E-state index >= 15 is 0 Å². The van der Waals surface area contributed by atoms with E-state index in [0.29, 0.717) is 50.1 Å². The number of hydrogen-bond donors (Lipinski definition) is 0. The minimum atomic E-state index is -4.65. The van der Waals surface area contributed by atoms with Gasteiger partial charge >= 0.3 is 6.18 Å². The summed E-state index contributed by atoms with van der Waals surface area (Å²) in [6, 6.07) is 6.82. The lowest BCUT2D eigenvalue weighted by atomic mass is 10.1. The molecule has 0 unspecified atom stereocenters. The van der Waals surface area contributed by atoms with Crippen molar-refractivity contribution in [1.29, 1.82) is 0 Å². The van der Waals surface area contributed by atoms with Crippen LogP contribution in [0, 0.1) is 15.9 Å². The third-order valence-electron chi connectivity index (χ3n) is 4.85. The molecule has 156 valence electrons. The van der Waals surface area contributed by atoms with Gasteiger partial charge in [-0.15, -0.1) is 0 Å². The number of nitrogens with zero attached hydrogens (tertiary/aromatic N) is 3. The van der Waals surface area contributed by atoms with E-state index in [2.05, 4.69) is 0 Å². The molecule has 1 heterocycles. The number of ether oxygens (including phenoxy) is 1.